The van der Waals surface area contributed by atoms with Crippen LogP contribution in [0.1, 0.15) is 55.6 Å². The molecule has 1 atom stereocenters. The standard InChI is InChI=1S/C27H30N2O5/c30-24(29-13-10-18(16-29)14-25(31)32)15-27(11-5-12-27)28-26(33)34-17-23-21-8-3-1-6-19(21)20-7-2-4-9-22(20)23/h1-4,6-9,18,23H,5,10-17H2,(H,28,33)(H,31,32). The third-order valence-electron chi connectivity index (χ3n) is 7.61. The molecule has 2 N–H and O–H groups in total. The van der Waals surface area contributed by atoms with Gasteiger partial charge in [0.15, 0.2) is 0 Å². The molecule has 7 nitrogen and oxygen atoms in total. The van der Waals surface area contributed by atoms with Gasteiger partial charge in [-0.3, -0.25) is 9.59 Å². The summed E-state index contributed by atoms with van der Waals surface area (Å²) in [5, 5.41) is 12.0. The lowest BCUT2D eigenvalue weighted by Gasteiger charge is -2.42. The average Bonchev–Trinajstić information content (AvgIpc) is 3.38. The molecule has 0 spiro atoms. The maximum absolute atomic E-state index is 12.9. The number of carboxylic acids is 1. The molecule has 5 rings (SSSR count). The van der Waals surface area contributed by atoms with Gasteiger partial charge in [-0.1, -0.05) is 48.5 Å². The Morgan fingerprint density at radius 1 is 1.03 bits per heavy atom. The van der Waals surface area contributed by atoms with E-state index in [1.54, 1.807) is 4.90 Å². The van der Waals surface area contributed by atoms with Crippen LogP contribution in [0.4, 0.5) is 4.79 Å². The number of nitrogens with zero attached hydrogens (tertiary/aromatic N) is 1. The molecular weight excluding hydrogens is 432 g/mol. The zero-order chi connectivity index (χ0) is 23.7. The average molecular weight is 463 g/mol. The van der Waals surface area contributed by atoms with Crippen LogP contribution >= 0.6 is 0 Å². The monoisotopic (exact) mass is 462 g/mol. The molecule has 1 heterocycles. The lowest BCUT2D eigenvalue weighted by molar-refractivity contribution is -0.138. The first-order valence-electron chi connectivity index (χ1n) is 12.1. The number of carbonyl (C=O) groups is 3. The molecule has 2 aromatic rings. The second kappa shape index (κ2) is 9.12. The molecular formula is C27H30N2O5. The number of hydrogen-bond donors (Lipinski definition) is 2. The zero-order valence-electron chi connectivity index (χ0n) is 19.2. The van der Waals surface area contributed by atoms with Crippen molar-refractivity contribution in [3.63, 3.8) is 0 Å². The van der Waals surface area contributed by atoms with Crippen LogP contribution in [0.3, 0.4) is 0 Å². The van der Waals surface area contributed by atoms with Gasteiger partial charge in [-0.05, 0) is 53.9 Å². The summed E-state index contributed by atoms with van der Waals surface area (Å²) in [6, 6.07) is 16.4. The predicted molar refractivity (Wildman–Crippen MR) is 126 cm³/mol. The summed E-state index contributed by atoms with van der Waals surface area (Å²) >= 11 is 0. The van der Waals surface area contributed by atoms with Crippen LogP contribution < -0.4 is 5.32 Å². The van der Waals surface area contributed by atoms with E-state index in [-0.39, 0.29) is 37.2 Å². The number of ether oxygens (including phenoxy) is 1. The third kappa shape index (κ3) is 4.39. The first-order valence-corrected chi connectivity index (χ1v) is 12.1. The molecule has 178 valence electrons. The quantitative estimate of drug-likeness (QED) is 0.644. The largest absolute Gasteiger partial charge is 0.481 e. The van der Waals surface area contributed by atoms with E-state index in [4.69, 9.17) is 9.84 Å². The Balaban J connectivity index is 1.18. The lowest BCUT2D eigenvalue weighted by Crippen LogP contribution is -2.56. The maximum atomic E-state index is 12.9. The molecule has 2 amide bonds. The van der Waals surface area contributed by atoms with Crippen molar-refractivity contribution in [1.82, 2.24) is 10.2 Å². The Morgan fingerprint density at radius 3 is 2.26 bits per heavy atom. The van der Waals surface area contributed by atoms with Gasteiger partial charge in [-0.2, -0.15) is 0 Å². The molecule has 0 aromatic heterocycles. The van der Waals surface area contributed by atoms with Crippen molar-refractivity contribution in [1.29, 1.82) is 0 Å². The minimum Gasteiger partial charge on any atom is -0.481 e. The topological polar surface area (TPSA) is 95.9 Å². The summed E-state index contributed by atoms with van der Waals surface area (Å²) in [6.07, 6.45) is 3.00. The summed E-state index contributed by atoms with van der Waals surface area (Å²) in [5.41, 5.74) is 4.12. The van der Waals surface area contributed by atoms with E-state index < -0.39 is 17.6 Å². The van der Waals surface area contributed by atoms with Crippen LogP contribution in [0.5, 0.6) is 0 Å². The number of hydrogen-bond acceptors (Lipinski definition) is 4. The zero-order valence-corrected chi connectivity index (χ0v) is 19.2. The predicted octanol–water partition coefficient (Wildman–Crippen LogP) is 4.16. The molecule has 0 radical (unpaired) electrons. The Bertz CT molecular complexity index is 1060. The van der Waals surface area contributed by atoms with E-state index >= 15 is 0 Å². The Hall–Kier alpha value is -3.35. The number of benzene rings is 2. The maximum Gasteiger partial charge on any atom is 0.407 e. The van der Waals surface area contributed by atoms with Crippen LogP contribution in [0.2, 0.25) is 0 Å². The fourth-order valence-corrected chi connectivity index (χ4v) is 5.67. The van der Waals surface area contributed by atoms with Gasteiger partial charge in [0.25, 0.3) is 0 Å². The van der Waals surface area contributed by atoms with Crippen molar-refractivity contribution in [3.8, 4) is 11.1 Å². The highest BCUT2D eigenvalue weighted by Gasteiger charge is 2.43. The van der Waals surface area contributed by atoms with E-state index in [2.05, 4.69) is 29.6 Å². The van der Waals surface area contributed by atoms with Gasteiger partial charge in [0.1, 0.15) is 6.61 Å². The molecule has 1 unspecified atom stereocenters. The third-order valence-corrected chi connectivity index (χ3v) is 7.61. The van der Waals surface area contributed by atoms with E-state index in [9.17, 15) is 14.4 Å². The van der Waals surface area contributed by atoms with Gasteiger partial charge in [0.05, 0.1) is 12.0 Å². The number of aliphatic carboxylic acids is 1. The minimum atomic E-state index is -0.827. The number of alkyl carbamates (subject to hydrolysis) is 1. The van der Waals surface area contributed by atoms with Crippen LogP contribution in [-0.2, 0) is 14.3 Å². The molecule has 1 saturated carbocycles. The van der Waals surface area contributed by atoms with Crippen molar-refractivity contribution < 1.29 is 24.2 Å². The number of carbonyl (C=O) groups excluding carboxylic acids is 2. The van der Waals surface area contributed by atoms with Gasteiger partial charge < -0.3 is 20.1 Å². The number of rotatable bonds is 7. The van der Waals surface area contributed by atoms with E-state index in [1.807, 2.05) is 24.3 Å². The molecule has 34 heavy (non-hydrogen) atoms. The Labute approximate surface area is 199 Å². The Kier molecular flexibility index (Phi) is 6.02. The fraction of sp³-hybridized carbons (Fsp3) is 0.444. The van der Waals surface area contributed by atoms with Crippen LogP contribution in [0, 0.1) is 5.92 Å². The molecule has 3 aliphatic rings. The van der Waals surface area contributed by atoms with Crippen molar-refractivity contribution >= 4 is 18.0 Å². The Morgan fingerprint density at radius 2 is 1.68 bits per heavy atom. The molecule has 7 heteroatoms. The number of nitrogens with one attached hydrogen (secondary N) is 1. The first kappa shape index (κ1) is 22.4. The van der Waals surface area contributed by atoms with Gasteiger partial charge in [0, 0.05) is 25.4 Å². The molecule has 1 saturated heterocycles. The summed E-state index contributed by atoms with van der Waals surface area (Å²) in [6.45, 7) is 1.30. The molecule has 2 aliphatic carbocycles. The van der Waals surface area contributed by atoms with Crippen LogP contribution in [-0.4, -0.2) is 53.2 Å². The number of fused-ring (bicyclic) bond motifs is 3. The van der Waals surface area contributed by atoms with Crippen molar-refractivity contribution in [2.75, 3.05) is 19.7 Å². The van der Waals surface area contributed by atoms with E-state index in [1.165, 1.54) is 11.1 Å². The SMILES string of the molecule is O=C(O)CC1CCN(C(=O)CC2(NC(=O)OCC3c4ccccc4-c4ccccc43)CCC2)C1. The first-order chi connectivity index (χ1) is 16.4. The van der Waals surface area contributed by atoms with E-state index in [0.29, 0.717) is 19.5 Å². The van der Waals surface area contributed by atoms with Crippen molar-refractivity contribution in [3.05, 3.63) is 59.7 Å². The lowest BCUT2D eigenvalue weighted by atomic mass is 9.74. The van der Waals surface area contributed by atoms with Crippen molar-refractivity contribution in [2.45, 2.75) is 50.0 Å². The minimum absolute atomic E-state index is 0.00658. The van der Waals surface area contributed by atoms with Gasteiger partial charge in [0.2, 0.25) is 5.91 Å². The van der Waals surface area contributed by atoms with Crippen molar-refractivity contribution in [2.24, 2.45) is 5.92 Å². The summed E-state index contributed by atoms with van der Waals surface area (Å²) in [7, 11) is 0. The molecule has 2 aromatic carbocycles. The van der Waals surface area contributed by atoms with E-state index in [0.717, 1.165) is 30.4 Å². The van der Waals surface area contributed by atoms with Crippen LogP contribution in [0.25, 0.3) is 11.1 Å². The highest BCUT2D eigenvalue weighted by atomic mass is 16.5. The normalized spacial score (nSPS) is 20.2. The summed E-state index contributed by atoms with van der Waals surface area (Å²) in [5.74, 6) is -0.847. The van der Waals surface area contributed by atoms with Crippen LogP contribution in [0.15, 0.2) is 48.5 Å². The highest BCUT2D eigenvalue weighted by Crippen LogP contribution is 2.44. The highest BCUT2D eigenvalue weighted by molar-refractivity contribution is 5.80. The number of likely N-dealkylation sites (tertiary alicyclic amines) is 1. The summed E-state index contributed by atoms with van der Waals surface area (Å²) < 4.78 is 5.70. The van der Waals surface area contributed by atoms with Gasteiger partial charge in [-0.25, -0.2) is 4.79 Å². The second-order valence-corrected chi connectivity index (χ2v) is 9.85. The smallest absolute Gasteiger partial charge is 0.407 e. The fourth-order valence-electron chi connectivity index (χ4n) is 5.67. The van der Waals surface area contributed by atoms with Gasteiger partial charge >= 0.3 is 12.1 Å². The summed E-state index contributed by atoms with van der Waals surface area (Å²) in [4.78, 5) is 38.4. The molecule has 0 bridgehead atoms. The van der Waals surface area contributed by atoms with Gasteiger partial charge in [-0.15, -0.1) is 0 Å². The molecule has 1 aliphatic heterocycles. The molecule has 2 fully saturated rings. The number of carboxylic acid groups (broad SMARTS) is 1. The second-order valence-electron chi connectivity index (χ2n) is 9.85. The number of amides is 2.